The lowest BCUT2D eigenvalue weighted by Gasteiger charge is -2.11. The van der Waals surface area contributed by atoms with Crippen LogP contribution in [0.15, 0.2) is 24.3 Å². The molecule has 0 spiro atoms. The molecule has 0 aromatic heterocycles. The zero-order chi connectivity index (χ0) is 10.4. The largest absolute Gasteiger partial charge is 0.490 e. The minimum absolute atomic E-state index is 0.0347. The molecule has 1 aromatic carbocycles. The van der Waals surface area contributed by atoms with Crippen LogP contribution in [0.1, 0.15) is 25.8 Å². The summed E-state index contributed by atoms with van der Waals surface area (Å²) in [6.07, 6.45) is 1.43. The second-order valence-corrected chi connectivity index (χ2v) is 3.29. The number of aryl methyl sites for hydroxylation is 1. The van der Waals surface area contributed by atoms with E-state index in [4.69, 9.17) is 10.00 Å². The molecule has 2 heteroatoms. The van der Waals surface area contributed by atoms with Crippen molar-refractivity contribution in [1.82, 2.24) is 0 Å². The average molecular weight is 189 g/mol. The van der Waals surface area contributed by atoms with Crippen LogP contribution >= 0.6 is 0 Å². The second-order valence-electron chi connectivity index (χ2n) is 3.29. The van der Waals surface area contributed by atoms with E-state index < -0.39 is 0 Å². The lowest BCUT2D eigenvalue weighted by Crippen LogP contribution is -2.10. The summed E-state index contributed by atoms with van der Waals surface area (Å²) in [6, 6.07) is 10.1. The predicted molar refractivity (Wildman–Crippen MR) is 56.1 cm³/mol. The maximum Gasteiger partial charge on any atom is 0.119 e. The van der Waals surface area contributed by atoms with Crippen molar-refractivity contribution in [2.75, 3.05) is 0 Å². The molecule has 0 heterocycles. The normalized spacial score (nSPS) is 11.8. The lowest BCUT2D eigenvalue weighted by atomic mass is 10.2. The fraction of sp³-hybridized carbons (Fsp3) is 0.417. The van der Waals surface area contributed by atoms with Gasteiger partial charge in [0.2, 0.25) is 0 Å². The summed E-state index contributed by atoms with van der Waals surface area (Å²) in [7, 11) is 0. The number of ether oxygens (including phenoxy) is 1. The van der Waals surface area contributed by atoms with Gasteiger partial charge in [0, 0.05) is 0 Å². The number of nitriles is 1. The van der Waals surface area contributed by atoms with Crippen molar-refractivity contribution >= 4 is 0 Å². The van der Waals surface area contributed by atoms with Crippen molar-refractivity contribution in [3.05, 3.63) is 29.8 Å². The molecule has 0 aliphatic rings. The Bertz CT molecular complexity index is 310. The highest BCUT2D eigenvalue weighted by molar-refractivity contribution is 5.27. The van der Waals surface area contributed by atoms with Crippen molar-refractivity contribution in [2.45, 2.75) is 32.8 Å². The maximum absolute atomic E-state index is 8.47. The van der Waals surface area contributed by atoms with Crippen LogP contribution in [0.4, 0.5) is 0 Å². The van der Waals surface area contributed by atoms with E-state index in [-0.39, 0.29) is 6.10 Å². The quantitative estimate of drug-likeness (QED) is 0.729. The molecule has 0 amide bonds. The van der Waals surface area contributed by atoms with Gasteiger partial charge in [0.05, 0.1) is 12.5 Å². The van der Waals surface area contributed by atoms with Crippen molar-refractivity contribution < 1.29 is 4.74 Å². The summed E-state index contributed by atoms with van der Waals surface area (Å²) < 4.78 is 5.53. The Balaban J connectivity index is 2.56. The summed E-state index contributed by atoms with van der Waals surface area (Å²) in [5.74, 6) is 0.838. The Hall–Kier alpha value is -1.49. The molecule has 1 atom stereocenters. The van der Waals surface area contributed by atoms with Crippen LogP contribution < -0.4 is 4.74 Å². The molecular formula is C12H15NO. The molecule has 0 radical (unpaired) electrons. The smallest absolute Gasteiger partial charge is 0.119 e. The van der Waals surface area contributed by atoms with Crippen LogP contribution in [0.2, 0.25) is 0 Å². The van der Waals surface area contributed by atoms with Crippen LogP contribution in [0.5, 0.6) is 5.75 Å². The van der Waals surface area contributed by atoms with Crippen molar-refractivity contribution in [3.8, 4) is 11.8 Å². The molecule has 1 unspecified atom stereocenters. The van der Waals surface area contributed by atoms with Gasteiger partial charge in [-0.1, -0.05) is 19.1 Å². The average Bonchev–Trinajstić information content (AvgIpc) is 2.19. The molecule has 1 aromatic rings. The Morgan fingerprint density at radius 2 is 2.00 bits per heavy atom. The van der Waals surface area contributed by atoms with Gasteiger partial charge in [0.1, 0.15) is 11.9 Å². The third-order valence-electron chi connectivity index (χ3n) is 2.05. The minimum atomic E-state index is -0.0347. The topological polar surface area (TPSA) is 33.0 Å². The first-order valence-corrected chi connectivity index (χ1v) is 4.88. The second kappa shape index (κ2) is 5.29. The Morgan fingerprint density at radius 3 is 2.50 bits per heavy atom. The van der Waals surface area contributed by atoms with Gasteiger partial charge >= 0.3 is 0 Å². The Morgan fingerprint density at radius 1 is 1.36 bits per heavy atom. The molecule has 0 fully saturated rings. The molecule has 0 saturated heterocycles. The van der Waals surface area contributed by atoms with E-state index in [0.29, 0.717) is 6.42 Å². The molecule has 0 saturated carbocycles. The summed E-state index contributed by atoms with van der Waals surface area (Å²) in [5, 5.41) is 8.47. The summed E-state index contributed by atoms with van der Waals surface area (Å²) >= 11 is 0. The van der Waals surface area contributed by atoms with Crippen LogP contribution in [0, 0.1) is 11.3 Å². The highest BCUT2D eigenvalue weighted by Crippen LogP contribution is 2.14. The first-order chi connectivity index (χ1) is 6.76. The highest BCUT2D eigenvalue weighted by atomic mass is 16.5. The summed E-state index contributed by atoms with van der Waals surface area (Å²) in [6.45, 7) is 4.02. The number of hydrogen-bond donors (Lipinski definition) is 0. The summed E-state index contributed by atoms with van der Waals surface area (Å²) in [4.78, 5) is 0. The fourth-order valence-electron chi connectivity index (χ4n) is 1.21. The minimum Gasteiger partial charge on any atom is -0.490 e. The van der Waals surface area contributed by atoms with E-state index in [0.717, 1.165) is 12.2 Å². The molecule has 0 aliphatic carbocycles. The van der Waals surface area contributed by atoms with Crippen molar-refractivity contribution in [1.29, 1.82) is 5.26 Å². The molecule has 14 heavy (non-hydrogen) atoms. The number of rotatable bonds is 4. The fourth-order valence-corrected chi connectivity index (χ4v) is 1.21. The van der Waals surface area contributed by atoms with Gasteiger partial charge in [0.25, 0.3) is 0 Å². The molecule has 74 valence electrons. The lowest BCUT2D eigenvalue weighted by molar-refractivity contribution is 0.227. The first kappa shape index (κ1) is 10.6. The third kappa shape index (κ3) is 3.10. The Kier molecular flexibility index (Phi) is 4.00. The van der Waals surface area contributed by atoms with Gasteiger partial charge in [-0.25, -0.2) is 0 Å². The molecule has 1 rings (SSSR count). The standard InChI is InChI=1S/C12H15NO/c1-3-11-4-6-12(7-5-11)14-10(2)8-9-13/h4-7,10H,3,8H2,1-2H3. The van der Waals surface area contributed by atoms with Gasteiger partial charge in [-0.3, -0.25) is 0 Å². The van der Waals surface area contributed by atoms with Crippen LogP contribution in [0.3, 0.4) is 0 Å². The highest BCUT2D eigenvalue weighted by Gasteiger charge is 2.02. The van der Waals surface area contributed by atoms with Crippen molar-refractivity contribution in [2.24, 2.45) is 0 Å². The molecule has 0 aliphatic heterocycles. The van der Waals surface area contributed by atoms with E-state index in [1.807, 2.05) is 19.1 Å². The zero-order valence-electron chi connectivity index (χ0n) is 8.66. The predicted octanol–water partition coefficient (Wildman–Crippen LogP) is 2.93. The molecule has 2 nitrogen and oxygen atoms in total. The van der Waals surface area contributed by atoms with Gasteiger partial charge in [0.15, 0.2) is 0 Å². The molecule has 0 N–H and O–H groups in total. The Labute approximate surface area is 85.1 Å². The maximum atomic E-state index is 8.47. The van der Waals surface area contributed by atoms with Gasteiger partial charge in [-0.05, 0) is 31.0 Å². The first-order valence-electron chi connectivity index (χ1n) is 4.88. The van der Waals surface area contributed by atoms with E-state index in [1.54, 1.807) is 0 Å². The van der Waals surface area contributed by atoms with Gasteiger partial charge < -0.3 is 4.74 Å². The third-order valence-corrected chi connectivity index (χ3v) is 2.05. The molecular weight excluding hydrogens is 174 g/mol. The summed E-state index contributed by atoms with van der Waals surface area (Å²) in [5.41, 5.74) is 1.30. The van der Waals surface area contributed by atoms with E-state index in [9.17, 15) is 0 Å². The van der Waals surface area contributed by atoms with E-state index in [2.05, 4.69) is 25.1 Å². The van der Waals surface area contributed by atoms with E-state index in [1.165, 1.54) is 5.56 Å². The van der Waals surface area contributed by atoms with Crippen LogP contribution in [0.25, 0.3) is 0 Å². The van der Waals surface area contributed by atoms with Crippen LogP contribution in [-0.2, 0) is 6.42 Å². The number of benzene rings is 1. The van der Waals surface area contributed by atoms with Crippen molar-refractivity contribution in [3.63, 3.8) is 0 Å². The SMILES string of the molecule is CCc1ccc(OC(C)CC#N)cc1. The van der Waals surface area contributed by atoms with Crippen LogP contribution in [-0.4, -0.2) is 6.10 Å². The van der Waals surface area contributed by atoms with Gasteiger partial charge in [-0.15, -0.1) is 0 Å². The monoisotopic (exact) mass is 189 g/mol. The van der Waals surface area contributed by atoms with Gasteiger partial charge in [-0.2, -0.15) is 5.26 Å². The number of hydrogen-bond acceptors (Lipinski definition) is 2. The zero-order valence-corrected chi connectivity index (χ0v) is 8.66. The van der Waals surface area contributed by atoms with E-state index >= 15 is 0 Å². The number of nitrogens with zero attached hydrogens (tertiary/aromatic N) is 1. The molecule has 0 bridgehead atoms.